The van der Waals surface area contributed by atoms with Gasteiger partial charge in [0.05, 0.1) is 17.7 Å². The lowest BCUT2D eigenvalue weighted by Crippen LogP contribution is -2.44. The van der Waals surface area contributed by atoms with E-state index in [1.807, 2.05) is 23.8 Å². The Morgan fingerprint density at radius 2 is 2.16 bits per heavy atom. The number of hydrogen-bond donors (Lipinski definition) is 0. The Morgan fingerprint density at radius 3 is 2.84 bits per heavy atom. The fourth-order valence-electron chi connectivity index (χ4n) is 3.03. The average molecular weight is 271 g/mol. The maximum Gasteiger partial charge on any atom is 0.143 e. The molecule has 0 unspecified atom stereocenters. The Bertz CT molecular complexity index is 612. The Balaban J connectivity index is 2.20. The van der Waals surface area contributed by atoms with Crippen molar-refractivity contribution < 1.29 is 0 Å². The molecule has 3 rings (SSSR count). The highest BCUT2D eigenvalue weighted by Gasteiger charge is 2.49. The van der Waals surface area contributed by atoms with Crippen LogP contribution in [-0.2, 0) is 0 Å². The van der Waals surface area contributed by atoms with Crippen LogP contribution in [0.15, 0.2) is 28.2 Å². The molecule has 1 aromatic rings. The van der Waals surface area contributed by atoms with E-state index in [0.29, 0.717) is 0 Å². The fourth-order valence-corrected chi connectivity index (χ4v) is 4.37. The Labute approximate surface area is 118 Å². The van der Waals surface area contributed by atoms with Crippen molar-refractivity contribution in [3.63, 3.8) is 0 Å². The lowest BCUT2D eigenvalue weighted by molar-refractivity contribution is 0.280. The van der Waals surface area contributed by atoms with Crippen LogP contribution in [-0.4, -0.2) is 28.6 Å². The van der Waals surface area contributed by atoms with Gasteiger partial charge < -0.3 is 0 Å². The minimum absolute atomic E-state index is 0.00769. The summed E-state index contributed by atoms with van der Waals surface area (Å²) in [7, 11) is 1.90. The molecular formula is C15H17N3S. The molecule has 2 aliphatic rings. The number of aryl methyl sites for hydroxylation is 1. The third kappa shape index (κ3) is 1.76. The van der Waals surface area contributed by atoms with E-state index in [1.165, 1.54) is 16.0 Å². The molecule has 0 radical (unpaired) electrons. The van der Waals surface area contributed by atoms with Crippen LogP contribution < -0.4 is 0 Å². The summed E-state index contributed by atoms with van der Waals surface area (Å²) in [5.74, 6) is 0.168. The second kappa shape index (κ2) is 4.01. The summed E-state index contributed by atoms with van der Waals surface area (Å²) in [4.78, 5) is 1.28. The molecule has 0 saturated carbocycles. The maximum atomic E-state index is 9.44. The first-order chi connectivity index (χ1) is 8.94. The van der Waals surface area contributed by atoms with Gasteiger partial charge in [0.1, 0.15) is 6.04 Å². The van der Waals surface area contributed by atoms with Crippen LogP contribution in [0.25, 0.3) is 0 Å². The second-order valence-corrected chi connectivity index (χ2v) is 7.51. The van der Waals surface area contributed by atoms with Gasteiger partial charge in [-0.05, 0) is 32.9 Å². The Hall–Kier alpha value is -1.47. The van der Waals surface area contributed by atoms with Gasteiger partial charge in [-0.3, -0.25) is 5.01 Å². The SMILES string of the molecule is Cc1ccc2c(c1)C1=NN(C)[C@@H](C#N)[C@H]1C(C)(C)S2. The zero-order valence-corrected chi connectivity index (χ0v) is 12.5. The average Bonchev–Trinajstić information content (AvgIpc) is 2.68. The van der Waals surface area contributed by atoms with Gasteiger partial charge in [0.2, 0.25) is 0 Å². The normalized spacial score (nSPS) is 27.3. The molecule has 3 nitrogen and oxygen atoms in total. The smallest absolute Gasteiger partial charge is 0.143 e. The van der Waals surface area contributed by atoms with E-state index in [1.54, 1.807) is 0 Å². The number of nitrogens with zero attached hydrogens (tertiary/aromatic N) is 3. The highest BCUT2D eigenvalue weighted by Crippen LogP contribution is 2.50. The number of benzene rings is 1. The monoisotopic (exact) mass is 271 g/mol. The number of hydrogen-bond acceptors (Lipinski definition) is 4. The summed E-state index contributed by atoms with van der Waals surface area (Å²) in [6, 6.07) is 8.76. The third-order valence-corrected chi connectivity index (χ3v) is 5.30. The van der Waals surface area contributed by atoms with E-state index in [0.717, 1.165) is 5.71 Å². The minimum atomic E-state index is -0.161. The maximum absolute atomic E-state index is 9.44. The van der Waals surface area contributed by atoms with Gasteiger partial charge in [0.25, 0.3) is 0 Å². The highest BCUT2D eigenvalue weighted by atomic mass is 32.2. The van der Waals surface area contributed by atoms with Gasteiger partial charge in [0, 0.05) is 22.3 Å². The van der Waals surface area contributed by atoms with Crippen LogP contribution in [0, 0.1) is 24.2 Å². The summed E-state index contributed by atoms with van der Waals surface area (Å²) in [5.41, 5.74) is 3.53. The molecule has 0 amide bonds. The summed E-state index contributed by atoms with van der Waals surface area (Å²) in [6.07, 6.45) is 0. The molecule has 0 spiro atoms. The first-order valence-electron chi connectivity index (χ1n) is 6.45. The number of thioether (sulfide) groups is 1. The standard InChI is InChI=1S/C15H17N3S/c1-9-5-6-12-10(7-9)14-13(15(2,3)19-12)11(8-16)18(4)17-14/h5-7,11,13H,1-4H3/t11-,13+/m0/s1. The zero-order chi connectivity index (χ0) is 13.8. The van der Waals surface area contributed by atoms with Gasteiger partial charge in [-0.2, -0.15) is 10.4 Å². The van der Waals surface area contributed by atoms with Crippen molar-refractivity contribution in [2.75, 3.05) is 7.05 Å². The lowest BCUT2D eigenvalue weighted by Gasteiger charge is -2.38. The van der Waals surface area contributed by atoms with Crippen molar-refractivity contribution in [1.29, 1.82) is 5.26 Å². The Kier molecular flexibility index (Phi) is 2.65. The van der Waals surface area contributed by atoms with Gasteiger partial charge >= 0.3 is 0 Å². The first kappa shape index (κ1) is 12.6. The van der Waals surface area contributed by atoms with Crippen molar-refractivity contribution in [2.24, 2.45) is 11.0 Å². The molecule has 0 fully saturated rings. The van der Waals surface area contributed by atoms with E-state index in [9.17, 15) is 5.26 Å². The van der Waals surface area contributed by atoms with Crippen LogP contribution in [0.5, 0.6) is 0 Å². The summed E-state index contributed by atoms with van der Waals surface area (Å²) >= 11 is 1.86. The van der Waals surface area contributed by atoms with Crippen molar-refractivity contribution in [3.05, 3.63) is 29.3 Å². The van der Waals surface area contributed by atoms with Crippen LogP contribution in [0.2, 0.25) is 0 Å². The van der Waals surface area contributed by atoms with Crippen LogP contribution in [0.4, 0.5) is 0 Å². The molecule has 0 bridgehead atoms. The predicted octanol–water partition coefficient (Wildman–Crippen LogP) is 3.04. The number of hydrazone groups is 1. The van der Waals surface area contributed by atoms with E-state index in [2.05, 4.69) is 50.1 Å². The predicted molar refractivity (Wildman–Crippen MR) is 78.3 cm³/mol. The lowest BCUT2D eigenvalue weighted by atomic mass is 9.81. The molecule has 2 aliphatic heterocycles. The van der Waals surface area contributed by atoms with E-state index in [4.69, 9.17) is 0 Å². The molecule has 0 aliphatic carbocycles. The van der Waals surface area contributed by atoms with E-state index < -0.39 is 0 Å². The Morgan fingerprint density at radius 1 is 1.42 bits per heavy atom. The summed E-state index contributed by atoms with van der Waals surface area (Å²) in [6.45, 7) is 6.52. The molecule has 2 heterocycles. The summed E-state index contributed by atoms with van der Waals surface area (Å²) < 4.78 is -0.00769. The van der Waals surface area contributed by atoms with E-state index in [-0.39, 0.29) is 16.7 Å². The quantitative estimate of drug-likeness (QED) is 0.728. The summed E-state index contributed by atoms with van der Waals surface area (Å²) in [5, 5.41) is 15.9. The molecule has 1 aromatic carbocycles. The number of rotatable bonds is 0. The molecule has 0 aromatic heterocycles. The van der Waals surface area contributed by atoms with Gasteiger partial charge in [0.15, 0.2) is 0 Å². The van der Waals surface area contributed by atoms with Crippen LogP contribution in [0.1, 0.15) is 25.0 Å². The molecule has 98 valence electrons. The van der Waals surface area contributed by atoms with Gasteiger partial charge in [-0.25, -0.2) is 0 Å². The molecule has 4 heteroatoms. The van der Waals surface area contributed by atoms with Crippen molar-refractivity contribution >= 4 is 17.5 Å². The van der Waals surface area contributed by atoms with Crippen molar-refractivity contribution in [2.45, 2.75) is 36.5 Å². The van der Waals surface area contributed by atoms with Crippen LogP contribution >= 0.6 is 11.8 Å². The van der Waals surface area contributed by atoms with Crippen molar-refractivity contribution in [1.82, 2.24) is 5.01 Å². The van der Waals surface area contributed by atoms with Gasteiger partial charge in [-0.1, -0.05) is 11.6 Å². The largest absolute Gasteiger partial charge is 0.282 e. The second-order valence-electron chi connectivity index (χ2n) is 5.82. The molecule has 0 saturated heterocycles. The highest BCUT2D eigenvalue weighted by molar-refractivity contribution is 8.00. The van der Waals surface area contributed by atoms with Crippen LogP contribution in [0.3, 0.4) is 0 Å². The first-order valence-corrected chi connectivity index (χ1v) is 7.26. The van der Waals surface area contributed by atoms with Gasteiger partial charge in [-0.15, -0.1) is 11.8 Å². The third-order valence-electron chi connectivity index (χ3n) is 3.94. The topological polar surface area (TPSA) is 39.4 Å². The molecular weight excluding hydrogens is 254 g/mol. The number of fused-ring (bicyclic) bond motifs is 3. The fraction of sp³-hybridized carbons (Fsp3) is 0.467. The zero-order valence-electron chi connectivity index (χ0n) is 11.6. The van der Waals surface area contributed by atoms with E-state index >= 15 is 0 Å². The molecule has 19 heavy (non-hydrogen) atoms. The van der Waals surface area contributed by atoms with Crippen molar-refractivity contribution in [3.8, 4) is 6.07 Å². The number of nitriles is 1. The molecule has 0 N–H and O–H groups in total. The molecule has 2 atom stereocenters. The minimum Gasteiger partial charge on any atom is -0.282 e.